The molecule has 0 N–H and O–H groups in total. The molecule has 0 aliphatic heterocycles. The lowest BCUT2D eigenvalue weighted by molar-refractivity contribution is -0.128. The monoisotopic (exact) mass is 278 g/mol. The van der Waals surface area contributed by atoms with E-state index < -0.39 is 14.3 Å². The van der Waals surface area contributed by atoms with Crippen molar-refractivity contribution in [2.75, 3.05) is 0 Å². The van der Waals surface area contributed by atoms with Crippen LogP contribution in [0, 0.1) is 0 Å². The smallest absolute Gasteiger partial charge is 0.335 e. The molecule has 1 aromatic carbocycles. The Bertz CT molecular complexity index is 455. The zero-order valence-corrected chi connectivity index (χ0v) is 13.3. The first-order valence-electron chi connectivity index (χ1n) is 6.29. The normalized spacial score (nSPS) is 11.8. The Hall–Kier alpha value is -1.55. The molecule has 104 valence electrons. The second-order valence-corrected chi connectivity index (χ2v) is 10.7. The van der Waals surface area contributed by atoms with Gasteiger partial charge in [0.1, 0.15) is 11.5 Å². The number of carbonyl (C=O) groups is 1. The summed E-state index contributed by atoms with van der Waals surface area (Å²) in [6.45, 7) is 14.3. The summed E-state index contributed by atoms with van der Waals surface area (Å²) in [7, 11) is -1.83. The SMILES string of the molecule is C=CC(=O)Oc1ccc(O[Si](C)(C)C(C)(C)C)cc1. The van der Waals surface area contributed by atoms with E-state index in [0.29, 0.717) is 5.75 Å². The Labute approximate surface area is 116 Å². The molecule has 0 aromatic heterocycles. The average molecular weight is 278 g/mol. The molecule has 0 radical (unpaired) electrons. The summed E-state index contributed by atoms with van der Waals surface area (Å²) in [5.41, 5.74) is 0. The van der Waals surface area contributed by atoms with E-state index in [2.05, 4.69) is 40.4 Å². The number of hydrogen-bond donors (Lipinski definition) is 0. The van der Waals surface area contributed by atoms with Crippen LogP contribution in [0.4, 0.5) is 0 Å². The predicted molar refractivity (Wildman–Crippen MR) is 80.1 cm³/mol. The maximum Gasteiger partial charge on any atom is 0.335 e. The van der Waals surface area contributed by atoms with Gasteiger partial charge in [-0.3, -0.25) is 0 Å². The molecule has 0 unspecified atom stereocenters. The van der Waals surface area contributed by atoms with Gasteiger partial charge in [-0.25, -0.2) is 4.79 Å². The first-order valence-corrected chi connectivity index (χ1v) is 9.20. The minimum Gasteiger partial charge on any atom is -0.543 e. The third-order valence-electron chi connectivity index (χ3n) is 3.39. The van der Waals surface area contributed by atoms with Gasteiger partial charge in [-0.2, -0.15) is 0 Å². The topological polar surface area (TPSA) is 35.5 Å². The van der Waals surface area contributed by atoms with Gasteiger partial charge in [0.2, 0.25) is 8.32 Å². The summed E-state index contributed by atoms with van der Waals surface area (Å²) in [5.74, 6) is 0.843. The number of esters is 1. The highest BCUT2D eigenvalue weighted by molar-refractivity contribution is 6.74. The van der Waals surface area contributed by atoms with Crippen LogP contribution in [-0.2, 0) is 4.79 Å². The molecule has 0 aliphatic carbocycles. The van der Waals surface area contributed by atoms with Crippen LogP contribution >= 0.6 is 0 Å². The molecule has 3 nitrogen and oxygen atoms in total. The minimum atomic E-state index is -1.83. The Morgan fingerprint density at radius 3 is 2.05 bits per heavy atom. The summed E-state index contributed by atoms with van der Waals surface area (Å²) in [6.07, 6.45) is 1.14. The Balaban J connectivity index is 2.77. The van der Waals surface area contributed by atoms with E-state index in [1.807, 2.05) is 12.1 Å². The zero-order chi connectivity index (χ0) is 14.7. The lowest BCUT2D eigenvalue weighted by Gasteiger charge is -2.36. The third kappa shape index (κ3) is 4.24. The lowest BCUT2D eigenvalue weighted by Crippen LogP contribution is -2.43. The summed E-state index contributed by atoms with van der Waals surface area (Å²) in [4.78, 5) is 11.1. The zero-order valence-electron chi connectivity index (χ0n) is 12.3. The van der Waals surface area contributed by atoms with Crippen LogP contribution in [0.3, 0.4) is 0 Å². The molecule has 0 bridgehead atoms. The van der Waals surface area contributed by atoms with Crippen LogP contribution in [0.2, 0.25) is 18.1 Å². The summed E-state index contributed by atoms with van der Waals surface area (Å²) < 4.78 is 11.1. The van der Waals surface area contributed by atoms with Crippen molar-refractivity contribution in [2.24, 2.45) is 0 Å². The van der Waals surface area contributed by atoms with Crippen molar-refractivity contribution in [1.29, 1.82) is 0 Å². The van der Waals surface area contributed by atoms with Gasteiger partial charge < -0.3 is 9.16 Å². The van der Waals surface area contributed by atoms with E-state index >= 15 is 0 Å². The van der Waals surface area contributed by atoms with Crippen molar-refractivity contribution >= 4 is 14.3 Å². The quantitative estimate of drug-likeness (QED) is 0.359. The molecular weight excluding hydrogens is 256 g/mol. The highest BCUT2D eigenvalue weighted by atomic mass is 28.4. The second kappa shape index (κ2) is 5.61. The lowest BCUT2D eigenvalue weighted by atomic mass is 10.2. The standard InChI is InChI=1S/C15H22O3Si/c1-7-14(16)17-12-8-10-13(11-9-12)18-19(5,6)15(2,3)4/h7-11H,1H2,2-6H3. The molecule has 0 heterocycles. The first kappa shape index (κ1) is 15.5. The predicted octanol–water partition coefficient (Wildman–Crippen LogP) is 4.16. The van der Waals surface area contributed by atoms with Gasteiger partial charge >= 0.3 is 5.97 Å². The van der Waals surface area contributed by atoms with E-state index in [0.717, 1.165) is 11.8 Å². The Morgan fingerprint density at radius 1 is 1.16 bits per heavy atom. The van der Waals surface area contributed by atoms with Gasteiger partial charge in [0, 0.05) is 6.08 Å². The van der Waals surface area contributed by atoms with Crippen molar-refractivity contribution in [3.8, 4) is 11.5 Å². The fraction of sp³-hybridized carbons (Fsp3) is 0.400. The van der Waals surface area contributed by atoms with Crippen LogP contribution in [0.25, 0.3) is 0 Å². The maximum atomic E-state index is 11.1. The van der Waals surface area contributed by atoms with Crippen molar-refractivity contribution in [3.05, 3.63) is 36.9 Å². The molecule has 1 aromatic rings. The van der Waals surface area contributed by atoms with Gasteiger partial charge in [0.15, 0.2) is 0 Å². The molecule has 0 amide bonds. The van der Waals surface area contributed by atoms with Crippen LogP contribution in [0.5, 0.6) is 11.5 Å². The number of ether oxygens (including phenoxy) is 1. The highest BCUT2D eigenvalue weighted by Gasteiger charge is 2.38. The first-order chi connectivity index (χ1) is 8.65. The molecule has 19 heavy (non-hydrogen) atoms. The van der Waals surface area contributed by atoms with Crippen LogP contribution < -0.4 is 9.16 Å². The van der Waals surface area contributed by atoms with Gasteiger partial charge in [-0.15, -0.1) is 0 Å². The van der Waals surface area contributed by atoms with Crippen molar-refractivity contribution in [3.63, 3.8) is 0 Å². The van der Waals surface area contributed by atoms with E-state index in [-0.39, 0.29) is 5.04 Å². The minimum absolute atomic E-state index is 0.154. The van der Waals surface area contributed by atoms with E-state index in [1.165, 1.54) is 0 Å². The van der Waals surface area contributed by atoms with Gasteiger partial charge in [-0.1, -0.05) is 27.4 Å². The molecule has 1 rings (SSSR count). The molecule has 0 atom stereocenters. The number of hydrogen-bond acceptors (Lipinski definition) is 3. The second-order valence-electron chi connectivity index (χ2n) is 5.96. The Kier molecular flexibility index (Phi) is 4.58. The van der Waals surface area contributed by atoms with E-state index in [9.17, 15) is 4.79 Å². The van der Waals surface area contributed by atoms with Crippen LogP contribution in [0.1, 0.15) is 20.8 Å². The molecule has 0 saturated heterocycles. The number of carbonyl (C=O) groups excluding carboxylic acids is 1. The fourth-order valence-corrected chi connectivity index (χ4v) is 2.21. The maximum absolute atomic E-state index is 11.1. The van der Waals surface area contributed by atoms with Gasteiger partial charge in [0.25, 0.3) is 0 Å². The largest absolute Gasteiger partial charge is 0.543 e. The van der Waals surface area contributed by atoms with Crippen LogP contribution in [-0.4, -0.2) is 14.3 Å². The van der Waals surface area contributed by atoms with E-state index in [4.69, 9.17) is 9.16 Å². The number of rotatable bonds is 4. The van der Waals surface area contributed by atoms with Gasteiger partial charge in [-0.05, 0) is 42.4 Å². The summed E-state index contributed by atoms with van der Waals surface area (Å²) in [5, 5.41) is 0.154. The molecule has 0 fully saturated rings. The molecule has 4 heteroatoms. The highest BCUT2D eigenvalue weighted by Crippen LogP contribution is 2.37. The average Bonchev–Trinajstić information content (AvgIpc) is 2.29. The number of benzene rings is 1. The van der Waals surface area contributed by atoms with Crippen molar-refractivity contribution < 1.29 is 14.0 Å². The Morgan fingerprint density at radius 2 is 1.63 bits per heavy atom. The molecule has 0 spiro atoms. The summed E-state index contributed by atoms with van der Waals surface area (Å²) >= 11 is 0. The third-order valence-corrected chi connectivity index (χ3v) is 7.75. The van der Waals surface area contributed by atoms with E-state index in [1.54, 1.807) is 12.1 Å². The van der Waals surface area contributed by atoms with Crippen molar-refractivity contribution in [1.82, 2.24) is 0 Å². The fourth-order valence-electron chi connectivity index (χ4n) is 1.18. The van der Waals surface area contributed by atoms with Gasteiger partial charge in [0.05, 0.1) is 0 Å². The summed E-state index contributed by atoms with van der Waals surface area (Å²) in [6, 6.07) is 7.10. The van der Waals surface area contributed by atoms with Crippen molar-refractivity contribution in [2.45, 2.75) is 38.9 Å². The molecule has 0 aliphatic rings. The molecular formula is C15H22O3Si. The molecule has 0 saturated carbocycles. The van der Waals surface area contributed by atoms with Crippen LogP contribution in [0.15, 0.2) is 36.9 Å².